The summed E-state index contributed by atoms with van der Waals surface area (Å²) < 4.78 is 13.5. The van der Waals surface area contributed by atoms with Gasteiger partial charge < -0.3 is 10.4 Å². The molecule has 0 aliphatic rings. The van der Waals surface area contributed by atoms with E-state index >= 15 is 0 Å². The van der Waals surface area contributed by atoms with Crippen molar-refractivity contribution in [3.05, 3.63) is 64.4 Å². The number of aryl methyl sites for hydroxylation is 1. The van der Waals surface area contributed by atoms with Gasteiger partial charge in [-0.05, 0) is 36.8 Å². The quantitative estimate of drug-likeness (QED) is 0.889. The number of rotatable bonds is 4. The molecule has 0 aliphatic heterocycles. The maximum atomic E-state index is 13.5. The van der Waals surface area contributed by atoms with Gasteiger partial charge in [0.2, 0.25) is 0 Å². The molecule has 0 fully saturated rings. The number of hydrogen-bond donors (Lipinski definition) is 2. The largest absolute Gasteiger partial charge is 0.386 e. The van der Waals surface area contributed by atoms with Crippen molar-refractivity contribution in [2.75, 3.05) is 11.9 Å². The number of nitrogens with one attached hydrogen (secondary N) is 1. The highest BCUT2D eigenvalue weighted by Gasteiger charge is 2.12. The summed E-state index contributed by atoms with van der Waals surface area (Å²) >= 11 is 5.87. The summed E-state index contributed by atoms with van der Waals surface area (Å²) in [5.41, 5.74) is 2.15. The molecule has 1 atom stereocenters. The molecule has 2 rings (SSSR count). The van der Waals surface area contributed by atoms with Gasteiger partial charge in [0.05, 0.1) is 6.10 Å². The Balaban J connectivity index is 2.04. The standard InChI is InChI=1S/C15H15ClFNO/c1-10-8-11(16)6-7-14(10)18-9-15(19)12-4-2-3-5-13(12)17/h2-8,15,18-19H,9H2,1H3. The van der Waals surface area contributed by atoms with E-state index in [4.69, 9.17) is 11.6 Å². The predicted molar refractivity (Wildman–Crippen MR) is 76.0 cm³/mol. The van der Waals surface area contributed by atoms with Crippen LogP contribution in [0.4, 0.5) is 10.1 Å². The van der Waals surface area contributed by atoms with Crippen LogP contribution in [0, 0.1) is 12.7 Å². The van der Waals surface area contributed by atoms with E-state index in [-0.39, 0.29) is 6.54 Å². The molecule has 2 nitrogen and oxygen atoms in total. The molecular formula is C15H15ClFNO. The fourth-order valence-corrected chi connectivity index (χ4v) is 2.11. The summed E-state index contributed by atoms with van der Waals surface area (Å²) in [4.78, 5) is 0. The zero-order chi connectivity index (χ0) is 13.8. The van der Waals surface area contributed by atoms with E-state index in [1.165, 1.54) is 6.07 Å². The predicted octanol–water partition coefficient (Wildman–Crippen LogP) is 3.93. The van der Waals surface area contributed by atoms with Gasteiger partial charge >= 0.3 is 0 Å². The highest BCUT2D eigenvalue weighted by atomic mass is 35.5. The number of aliphatic hydroxyl groups is 1. The fraction of sp³-hybridized carbons (Fsp3) is 0.200. The van der Waals surface area contributed by atoms with Crippen LogP contribution in [-0.4, -0.2) is 11.7 Å². The normalized spacial score (nSPS) is 12.2. The van der Waals surface area contributed by atoms with Crippen LogP contribution in [0.3, 0.4) is 0 Å². The van der Waals surface area contributed by atoms with Gasteiger partial charge in [-0.2, -0.15) is 0 Å². The molecule has 100 valence electrons. The van der Waals surface area contributed by atoms with Gasteiger partial charge in [-0.3, -0.25) is 0 Å². The molecule has 2 aromatic carbocycles. The molecule has 0 radical (unpaired) electrons. The van der Waals surface area contributed by atoms with Crippen LogP contribution in [-0.2, 0) is 0 Å². The van der Waals surface area contributed by atoms with Crippen molar-refractivity contribution < 1.29 is 9.50 Å². The van der Waals surface area contributed by atoms with Gasteiger partial charge in [-0.15, -0.1) is 0 Å². The lowest BCUT2D eigenvalue weighted by molar-refractivity contribution is 0.186. The molecule has 2 aromatic rings. The Labute approximate surface area is 116 Å². The van der Waals surface area contributed by atoms with Gasteiger partial charge in [-0.1, -0.05) is 29.8 Å². The first-order valence-corrected chi connectivity index (χ1v) is 6.38. The molecule has 0 amide bonds. The monoisotopic (exact) mass is 279 g/mol. The topological polar surface area (TPSA) is 32.3 Å². The van der Waals surface area contributed by atoms with Crippen LogP contribution in [0.1, 0.15) is 17.2 Å². The molecule has 0 bridgehead atoms. The Bertz CT molecular complexity index is 574. The lowest BCUT2D eigenvalue weighted by Crippen LogP contribution is -2.14. The summed E-state index contributed by atoms with van der Waals surface area (Å²) in [6, 6.07) is 11.7. The Morgan fingerprint density at radius 1 is 1.26 bits per heavy atom. The summed E-state index contributed by atoms with van der Waals surface area (Å²) in [6.07, 6.45) is -0.892. The van der Waals surface area contributed by atoms with Crippen molar-refractivity contribution in [2.24, 2.45) is 0 Å². The third-order valence-corrected chi connectivity index (χ3v) is 3.17. The van der Waals surface area contributed by atoms with Crippen molar-refractivity contribution in [3.63, 3.8) is 0 Å². The van der Waals surface area contributed by atoms with E-state index in [1.54, 1.807) is 24.3 Å². The first-order valence-electron chi connectivity index (χ1n) is 6.00. The summed E-state index contributed by atoms with van der Waals surface area (Å²) in [6.45, 7) is 2.16. The van der Waals surface area contributed by atoms with Gasteiger partial charge in [0.1, 0.15) is 5.82 Å². The number of benzene rings is 2. The number of aliphatic hydroxyl groups excluding tert-OH is 1. The molecule has 2 N–H and O–H groups in total. The maximum absolute atomic E-state index is 13.5. The average Bonchev–Trinajstić information content (AvgIpc) is 2.38. The molecule has 0 spiro atoms. The second kappa shape index (κ2) is 6.04. The van der Waals surface area contributed by atoms with Gasteiger partial charge in [-0.25, -0.2) is 4.39 Å². The Hall–Kier alpha value is -1.58. The number of halogens is 2. The summed E-state index contributed by atoms with van der Waals surface area (Å²) in [5.74, 6) is -0.398. The van der Waals surface area contributed by atoms with Gasteiger partial charge in [0, 0.05) is 22.8 Å². The minimum Gasteiger partial charge on any atom is -0.386 e. The van der Waals surface area contributed by atoms with Crippen molar-refractivity contribution in [1.29, 1.82) is 0 Å². The Morgan fingerprint density at radius 3 is 2.68 bits per heavy atom. The van der Waals surface area contributed by atoms with Crippen LogP contribution >= 0.6 is 11.6 Å². The Morgan fingerprint density at radius 2 is 2.00 bits per heavy atom. The van der Waals surface area contributed by atoms with Crippen LogP contribution < -0.4 is 5.32 Å². The third kappa shape index (κ3) is 3.46. The van der Waals surface area contributed by atoms with Crippen LogP contribution in [0.5, 0.6) is 0 Å². The summed E-state index contributed by atoms with van der Waals surface area (Å²) in [7, 11) is 0. The van der Waals surface area contributed by atoms with Gasteiger partial charge in [0.25, 0.3) is 0 Å². The molecule has 0 aromatic heterocycles. The van der Waals surface area contributed by atoms with E-state index in [9.17, 15) is 9.50 Å². The number of anilines is 1. The van der Waals surface area contributed by atoms with E-state index in [2.05, 4.69) is 5.32 Å². The molecule has 19 heavy (non-hydrogen) atoms. The van der Waals surface area contributed by atoms with Crippen LogP contribution in [0.25, 0.3) is 0 Å². The molecule has 0 saturated heterocycles. The van der Waals surface area contributed by atoms with E-state index in [1.807, 2.05) is 19.1 Å². The minimum atomic E-state index is -0.892. The smallest absolute Gasteiger partial charge is 0.129 e. The third-order valence-electron chi connectivity index (χ3n) is 2.94. The van der Waals surface area contributed by atoms with Crippen molar-refractivity contribution in [3.8, 4) is 0 Å². The second-order valence-electron chi connectivity index (χ2n) is 4.38. The molecule has 0 saturated carbocycles. The van der Waals surface area contributed by atoms with Crippen molar-refractivity contribution in [1.82, 2.24) is 0 Å². The maximum Gasteiger partial charge on any atom is 0.129 e. The molecule has 0 heterocycles. The number of hydrogen-bond acceptors (Lipinski definition) is 2. The molecular weight excluding hydrogens is 265 g/mol. The molecule has 1 unspecified atom stereocenters. The van der Waals surface area contributed by atoms with Crippen molar-refractivity contribution in [2.45, 2.75) is 13.0 Å². The van der Waals surface area contributed by atoms with Gasteiger partial charge in [0.15, 0.2) is 0 Å². The second-order valence-corrected chi connectivity index (χ2v) is 4.81. The molecule has 0 aliphatic carbocycles. The highest BCUT2D eigenvalue weighted by Crippen LogP contribution is 2.22. The molecule has 4 heteroatoms. The SMILES string of the molecule is Cc1cc(Cl)ccc1NCC(O)c1ccccc1F. The van der Waals surface area contributed by atoms with Crippen LogP contribution in [0.15, 0.2) is 42.5 Å². The first kappa shape index (κ1) is 13.8. The van der Waals surface area contributed by atoms with E-state index in [0.29, 0.717) is 10.6 Å². The minimum absolute atomic E-state index is 0.239. The summed E-state index contributed by atoms with van der Waals surface area (Å²) in [5, 5.41) is 13.7. The lowest BCUT2D eigenvalue weighted by atomic mass is 10.1. The first-order chi connectivity index (χ1) is 9.08. The average molecular weight is 280 g/mol. The Kier molecular flexibility index (Phi) is 4.40. The lowest BCUT2D eigenvalue weighted by Gasteiger charge is -2.15. The highest BCUT2D eigenvalue weighted by molar-refractivity contribution is 6.30. The van der Waals surface area contributed by atoms with E-state index < -0.39 is 11.9 Å². The fourth-order valence-electron chi connectivity index (χ4n) is 1.89. The van der Waals surface area contributed by atoms with Crippen molar-refractivity contribution >= 4 is 17.3 Å². The van der Waals surface area contributed by atoms with E-state index in [0.717, 1.165) is 11.3 Å². The van der Waals surface area contributed by atoms with Crippen LogP contribution in [0.2, 0.25) is 5.02 Å². The zero-order valence-corrected chi connectivity index (χ0v) is 11.3. The zero-order valence-electron chi connectivity index (χ0n) is 10.5.